The summed E-state index contributed by atoms with van der Waals surface area (Å²) in [4.78, 5) is 16.1. The largest absolute Gasteiger partial charge is 0.395 e. The lowest BCUT2D eigenvalue weighted by Gasteiger charge is -2.31. The number of piperidine rings is 1. The van der Waals surface area contributed by atoms with Gasteiger partial charge in [0.05, 0.1) is 18.0 Å². The van der Waals surface area contributed by atoms with Crippen LogP contribution in [0.1, 0.15) is 32.6 Å². The number of hydrogen-bond donors (Lipinski definition) is 2. The SMILES string of the molecule is CCCN(CCO)C(=O)Nc1cc(F)ccc1N1CCCCC1. The van der Waals surface area contributed by atoms with Crippen LogP contribution in [0.5, 0.6) is 0 Å². The maximum Gasteiger partial charge on any atom is 0.321 e. The van der Waals surface area contributed by atoms with Gasteiger partial charge in [-0.1, -0.05) is 6.92 Å². The number of rotatable bonds is 6. The van der Waals surface area contributed by atoms with Crippen molar-refractivity contribution in [2.75, 3.05) is 43.0 Å². The fourth-order valence-electron chi connectivity index (χ4n) is 2.92. The summed E-state index contributed by atoms with van der Waals surface area (Å²) >= 11 is 0. The molecule has 6 heteroatoms. The molecule has 1 aliphatic rings. The van der Waals surface area contributed by atoms with E-state index in [1.807, 2.05) is 6.92 Å². The summed E-state index contributed by atoms with van der Waals surface area (Å²) < 4.78 is 13.6. The van der Waals surface area contributed by atoms with Gasteiger partial charge in [-0.3, -0.25) is 0 Å². The molecular formula is C17H26FN3O2. The first kappa shape index (κ1) is 17.5. The number of halogens is 1. The van der Waals surface area contributed by atoms with Gasteiger partial charge in [-0.25, -0.2) is 9.18 Å². The molecule has 23 heavy (non-hydrogen) atoms. The van der Waals surface area contributed by atoms with E-state index in [2.05, 4.69) is 10.2 Å². The molecule has 0 spiro atoms. The molecule has 0 aliphatic carbocycles. The molecular weight excluding hydrogens is 297 g/mol. The smallest absolute Gasteiger partial charge is 0.321 e. The number of nitrogens with one attached hydrogen (secondary N) is 1. The molecule has 1 saturated heterocycles. The summed E-state index contributed by atoms with van der Waals surface area (Å²) in [5.41, 5.74) is 1.36. The first-order valence-corrected chi connectivity index (χ1v) is 8.37. The van der Waals surface area contributed by atoms with Crippen molar-refractivity contribution in [1.29, 1.82) is 0 Å². The van der Waals surface area contributed by atoms with Crippen LogP contribution >= 0.6 is 0 Å². The molecule has 0 atom stereocenters. The Morgan fingerprint density at radius 3 is 2.70 bits per heavy atom. The molecule has 2 amide bonds. The third-order valence-corrected chi connectivity index (χ3v) is 4.05. The average Bonchev–Trinajstić information content (AvgIpc) is 2.55. The maximum absolute atomic E-state index is 13.6. The predicted molar refractivity (Wildman–Crippen MR) is 90.4 cm³/mol. The second kappa shape index (κ2) is 8.72. The lowest BCUT2D eigenvalue weighted by atomic mass is 10.1. The van der Waals surface area contributed by atoms with Crippen LogP contribution in [0.25, 0.3) is 0 Å². The second-order valence-corrected chi connectivity index (χ2v) is 5.85. The molecule has 1 aromatic carbocycles. The third kappa shape index (κ3) is 4.82. The van der Waals surface area contributed by atoms with Crippen molar-refractivity contribution in [3.8, 4) is 0 Å². The summed E-state index contributed by atoms with van der Waals surface area (Å²) in [6.07, 6.45) is 4.23. The van der Waals surface area contributed by atoms with E-state index in [-0.39, 0.29) is 25.0 Å². The van der Waals surface area contributed by atoms with Gasteiger partial charge in [-0.05, 0) is 43.9 Å². The zero-order valence-electron chi connectivity index (χ0n) is 13.7. The van der Waals surface area contributed by atoms with Crippen LogP contribution in [0.2, 0.25) is 0 Å². The third-order valence-electron chi connectivity index (χ3n) is 4.05. The normalized spacial score (nSPS) is 14.7. The van der Waals surface area contributed by atoms with Crippen molar-refractivity contribution in [3.05, 3.63) is 24.0 Å². The van der Waals surface area contributed by atoms with E-state index in [9.17, 15) is 9.18 Å². The monoisotopic (exact) mass is 323 g/mol. The molecule has 2 rings (SSSR count). The van der Waals surface area contributed by atoms with Gasteiger partial charge in [0.25, 0.3) is 0 Å². The van der Waals surface area contributed by atoms with E-state index in [1.165, 1.54) is 18.6 Å². The fraction of sp³-hybridized carbons (Fsp3) is 0.588. The Morgan fingerprint density at radius 1 is 1.30 bits per heavy atom. The zero-order valence-corrected chi connectivity index (χ0v) is 13.7. The molecule has 0 saturated carbocycles. The van der Waals surface area contributed by atoms with Gasteiger partial charge in [-0.2, -0.15) is 0 Å². The highest BCUT2D eigenvalue weighted by Gasteiger charge is 2.18. The Kier molecular flexibility index (Phi) is 6.65. The summed E-state index contributed by atoms with van der Waals surface area (Å²) in [6, 6.07) is 4.22. The number of amides is 2. The number of urea groups is 1. The average molecular weight is 323 g/mol. The predicted octanol–water partition coefficient (Wildman–Crippen LogP) is 3.05. The zero-order chi connectivity index (χ0) is 16.7. The van der Waals surface area contributed by atoms with Crippen molar-refractivity contribution >= 4 is 17.4 Å². The van der Waals surface area contributed by atoms with Crippen molar-refractivity contribution < 1.29 is 14.3 Å². The standard InChI is InChI=1S/C17H26FN3O2/c1-2-8-21(11-12-22)17(23)19-15-13-14(18)6-7-16(15)20-9-4-3-5-10-20/h6-7,13,22H,2-5,8-12H2,1H3,(H,19,23). The Balaban J connectivity index is 2.16. The quantitative estimate of drug-likeness (QED) is 0.846. The molecule has 1 aliphatic heterocycles. The van der Waals surface area contributed by atoms with E-state index in [1.54, 1.807) is 11.0 Å². The van der Waals surface area contributed by atoms with Crippen molar-refractivity contribution in [1.82, 2.24) is 4.90 Å². The molecule has 5 nitrogen and oxygen atoms in total. The second-order valence-electron chi connectivity index (χ2n) is 5.85. The molecule has 128 valence electrons. The van der Waals surface area contributed by atoms with E-state index < -0.39 is 0 Å². The molecule has 1 heterocycles. The number of hydrogen-bond acceptors (Lipinski definition) is 3. The van der Waals surface area contributed by atoms with Crippen LogP contribution in [0.4, 0.5) is 20.6 Å². The number of carbonyl (C=O) groups excluding carboxylic acids is 1. The van der Waals surface area contributed by atoms with Gasteiger partial charge < -0.3 is 20.2 Å². The summed E-state index contributed by atoms with van der Waals surface area (Å²) in [5, 5.41) is 11.9. The Morgan fingerprint density at radius 2 is 2.04 bits per heavy atom. The Hall–Kier alpha value is -1.82. The minimum Gasteiger partial charge on any atom is -0.395 e. The Bertz CT molecular complexity index is 513. The van der Waals surface area contributed by atoms with E-state index in [0.717, 1.165) is 38.0 Å². The van der Waals surface area contributed by atoms with Crippen molar-refractivity contribution in [3.63, 3.8) is 0 Å². The first-order valence-electron chi connectivity index (χ1n) is 8.37. The minimum atomic E-state index is -0.370. The van der Waals surface area contributed by atoms with Crippen LogP contribution in [-0.4, -0.2) is 48.8 Å². The number of carbonyl (C=O) groups is 1. The molecule has 2 N–H and O–H groups in total. The highest BCUT2D eigenvalue weighted by molar-refractivity contribution is 5.93. The van der Waals surface area contributed by atoms with Crippen LogP contribution < -0.4 is 10.2 Å². The van der Waals surface area contributed by atoms with Crippen LogP contribution in [-0.2, 0) is 0 Å². The Labute approximate surface area is 137 Å². The van der Waals surface area contributed by atoms with Crippen LogP contribution in [0.15, 0.2) is 18.2 Å². The summed E-state index contributed by atoms with van der Waals surface area (Å²) in [7, 11) is 0. The van der Waals surface area contributed by atoms with Gasteiger partial charge in [0, 0.05) is 26.2 Å². The van der Waals surface area contributed by atoms with E-state index in [4.69, 9.17) is 5.11 Å². The number of aliphatic hydroxyl groups is 1. The number of aliphatic hydroxyl groups excluding tert-OH is 1. The van der Waals surface area contributed by atoms with Crippen molar-refractivity contribution in [2.45, 2.75) is 32.6 Å². The molecule has 0 radical (unpaired) electrons. The number of benzene rings is 1. The highest BCUT2D eigenvalue weighted by atomic mass is 19.1. The molecule has 0 unspecified atom stereocenters. The van der Waals surface area contributed by atoms with Gasteiger partial charge in [0.15, 0.2) is 0 Å². The van der Waals surface area contributed by atoms with E-state index >= 15 is 0 Å². The maximum atomic E-state index is 13.6. The van der Waals surface area contributed by atoms with E-state index in [0.29, 0.717) is 12.2 Å². The van der Waals surface area contributed by atoms with Gasteiger partial charge in [0.2, 0.25) is 0 Å². The topological polar surface area (TPSA) is 55.8 Å². The molecule has 0 aromatic heterocycles. The minimum absolute atomic E-state index is 0.0877. The molecule has 1 aromatic rings. The molecule has 0 bridgehead atoms. The van der Waals surface area contributed by atoms with Crippen molar-refractivity contribution in [2.24, 2.45) is 0 Å². The van der Waals surface area contributed by atoms with Crippen LogP contribution in [0, 0.1) is 5.82 Å². The summed E-state index contributed by atoms with van der Waals surface area (Å²) in [5.74, 6) is -0.370. The highest BCUT2D eigenvalue weighted by Crippen LogP contribution is 2.29. The lowest BCUT2D eigenvalue weighted by Crippen LogP contribution is -2.38. The molecule has 1 fully saturated rings. The lowest BCUT2D eigenvalue weighted by molar-refractivity contribution is 0.188. The first-order chi connectivity index (χ1) is 11.2. The van der Waals surface area contributed by atoms with Gasteiger partial charge in [-0.15, -0.1) is 0 Å². The van der Waals surface area contributed by atoms with Crippen LogP contribution in [0.3, 0.4) is 0 Å². The van der Waals surface area contributed by atoms with Gasteiger partial charge in [0.1, 0.15) is 5.82 Å². The fourth-order valence-corrected chi connectivity index (χ4v) is 2.92. The van der Waals surface area contributed by atoms with Gasteiger partial charge >= 0.3 is 6.03 Å². The number of nitrogens with zero attached hydrogens (tertiary/aromatic N) is 2. The summed E-state index contributed by atoms with van der Waals surface area (Å²) in [6.45, 7) is 4.55. The number of anilines is 2.